The molecule has 74 valence electrons. The monoisotopic (exact) mass is 181 g/mol. The van der Waals surface area contributed by atoms with Gasteiger partial charge in [-0.3, -0.25) is 4.99 Å². The van der Waals surface area contributed by atoms with Crippen molar-refractivity contribution >= 4 is 5.71 Å². The minimum absolute atomic E-state index is 0.573. The van der Waals surface area contributed by atoms with Gasteiger partial charge in [0.25, 0.3) is 0 Å². The highest BCUT2D eigenvalue weighted by atomic mass is 16.5. The van der Waals surface area contributed by atoms with E-state index < -0.39 is 0 Å². The number of nitrogens with zero attached hydrogens (tertiary/aromatic N) is 1. The van der Waals surface area contributed by atoms with Crippen LogP contribution in [0.4, 0.5) is 0 Å². The summed E-state index contributed by atoms with van der Waals surface area (Å²) in [4.78, 5) is 4.46. The molecule has 1 heterocycles. The molecule has 0 aromatic heterocycles. The first kappa shape index (κ1) is 10.5. The zero-order chi connectivity index (χ0) is 9.68. The molecule has 2 heteroatoms. The van der Waals surface area contributed by atoms with Gasteiger partial charge >= 0.3 is 0 Å². The first-order chi connectivity index (χ1) is 6.24. The lowest BCUT2D eigenvalue weighted by molar-refractivity contribution is 0.188. The van der Waals surface area contributed by atoms with Gasteiger partial charge < -0.3 is 4.74 Å². The molecule has 0 saturated heterocycles. The molecule has 0 amide bonds. The second kappa shape index (κ2) is 5.18. The fraction of sp³-hybridized carbons (Fsp3) is 0.727. The third-order valence-corrected chi connectivity index (χ3v) is 2.55. The van der Waals surface area contributed by atoms with Crippen LogP contribution in [0.25, 0.3) is 0 Å². The van der Waals surface area contributed by atoms with Crippen LogP contribution in [0.3, 0.4) is 0 Å². The number of aliphatic imine (C=N–C) groups is 1. The van der Waals surface area contributed by atoms with Crippen molar-refractivity contribution in [2.75, 3.05) is 13.7 Å². The molecule has 0 fully saturated rings. The summed E-state index contributed by atoms with van der Waals surface area (Å²) >= 11 is 0. The Kier molecular flexibility index (Phi) is 4.16. The van der Waals surface area contributed by atoms with Crippen molar-refractivity contribution in [1.29, 1.82) is 0 Å². The third-order valence-electron chi connectivity index (χ3n) is 2.55. The summed E-state index contributed by atoms with van der Waals surface area (Å²) < 4.78 is 5.05. The zero-order valence-electron chi connectivity index (χ0n) is 8.84. The van der Waals surface area contributed by atoms with Crippen LogP contribution in [0.2, 0.25) is 0 Å². The van der Waals surface area contributed by atoms with E-state index in [1.54, 1.807) is 7.11 Å². The maximum absolute atomic E-state index is 5.05. The molecule has 0 aliphatic carbocycles. The molecule has 0 radical (unpaired) electrons. The smallest absolute Gasteiger partial charge is 0.0468 e. The molecule has 0 bridgehead atoms. The Morgan fingerprint density at radius 2 is 2.31 bits per heavy atom. The molecule has 0 aromatic carbocycles. The second-order valence-corrected chi connectivity index (χ2v) is 3.78. The number of ether oxygens (including phenoxy) is 1. The predicted octanol–water partition coefficient (Wildman–Crippen LogP) is 2.80. The van der Waals surface area contributed by atoms with Crippen LogP contribution < -0.4 is 0 Å². The minimum atomic E-state index is 0.573. The molecule has 1 aliphatic heterocycles. The van der Waals surface area contributed by atoms with E-state index in [1.165, 1.54) is 17.7 Å². The first-order valence-electron chi connectivity index (χ1n) is 4.95. The van der Waals surface area contributed by atoms with Crippen LogP contribution in [0, 0.1) is 5.92 Å². The fourth-order valence-electron chi connectivity index (χ4n) is 1.48. The van der Waals surface area contributed by atoms with E-state index in [-0.39, 0.29) is 0 Å². The summed E-state index contributed by atoms with van der Waals surface area (Å²) in [7, 11) is 1.75. The highest BCUT2D eigenvalue weighted by Crippen LogP contribution is 2.18. The molecule has 0 aromatic rings. The lowest BCUT2D eigenvalue weighted by Gasteiger charge is -2.17. The SMILES string of the molecule is COCCC(C)C1=NC=C(C)CC1. The molecule has 1 unspecified atom stereocenters. The summed E-state index contributed by atoms with van der Waals surface area (Å²) in [5, 5.41) is 0. The Hall–Kier alpha value is -0.630. The lowest BCUT2D eigenvalue weighted by atomic mass is 9.95. The van der Waals surface area contributed by atoms with Gasteiger partial charge in [-0.2, -0.15) is 0 Å². The van der Waals surface area contributed by atoms with E-state index in [2.05, 4.69) is 18.8 Å². The molecule has 2 nitrogen and oxygen atoms in total. The van der Waals surface area contributed by atoms with Crippen LogP contribution in [0.1, 0.15) is 33.1 Å². The maximum Gasteiger partial charge on any atom is 0.0468 e. The summed E-state index contributed by atoms with van der Waals surface area (Å²) in [6, 6.07) is 0. The van der Waals surface area contributed by atoms with E-state index in [1.807, 2.05) is 6.20 Å². The average Bonchev–Trinajstić information content (AvgIpc) is 2.15. The van der Waals surface area contributed by atoms with Gasteiger partial charge in [0, 0.05) is 25.6 Å². The van der Waals surface area contributed by atoms with Gasteiger partial charge in [0.05, 0.1) is 0 Å². The molecule has 0 N–H and O–H groups in total. The van der Waals surface area contributed by atoms with E-state index in [0.29, 0.717) is 5.92 Å². The predicted molar refractivity (Wildman–Crippen MR) is 56.1 cm³/mol. The minimum Gasteiger partial charge on any atom is -0.385 e. The van der Waals surface area contributed by atoms with Gasteiger partial charge in [-0.05, 0) is 32.1 Å². The van der Waals surface area contributed by atoms with Gasteiger partial charge in [0.15, 0.2) is 0 Å². The van der Waals surface area contributed by atoms with Crippen LogP contribution in [-0.2, 0) is 4.74 Å². The van der Waals surface area contributed by atoms with Crippen LogP contribution in [-0.4, -0.2) is 19.4 Å². The molecular formula is C11H19NO. The van der Waals surface area contributed by atoms with Gasteiger partial charge in [-0.15, -0.1) is 0 Å². The first-order valence-corrected chi connectivity index (χ1v) is 4.95. The molecule has 1 rings (SSSR count). The van der Waals surface area contributed by atoms with Crippen molar-refractivity contribution < 1.29 is 4.74 Å². The van der Waals surface area contributed by atoms with Gasteiger partial charge in [0.1, 0.15) is 0 Å². The highest BCUT2D eigenvalue weighted by Gasteiger charge is 2.12. The van der Waals surface area contributed by atoms with Crippen molar-refractivity contribution in [3.8, 4) is 0 Å². The Bertz CT molecular complexity index is 218. The Morgan fingerprint density at radius 3 is 2.85 bits per heavy atom. The Morgan fingerprint density at radius 1 is 1.54 bits per heavy atom. The van der Waals surface area contributed by atoms with Crippen molar-refractivity contribution in [3.63, 3.8) is 0 Å². The lowest BCUT2D eigenvalue weighted by Crippen LogP contribution is -2.15. The number of hydrogen-bond acceptors (Lipinski definition) is 2. The van der Waals surface area contributed by atoms with Crippen molar-refractivity contribution in [2.45, 2.75) is 33.1 Å². The van der Waals surface area contributed by atoms with E-state index >= 15 is 0 Å². The standard InChI is InChI=1S/C11H19NO/c1-9-4-5-11(12-8-9)10(2)6-7-13-3/h8,10H,4-7H2,1-3H3. The third kappa shape index (κ3) is 3.31. The summed E-state index contributed by atoms with van der Waals surface area (Å²) in [6.07, 6.45) is 5.40. The van der Waals surface area contributed by atoms with Crippen LogP contribution in [0.15, 0.2) is 16.8 Å². The normalized spacial score (nSPS) is 19.3. The number of methoxy groups -OCH3 is 1. The van der Waals surface area contributed by atoms with Gasteiger partial charge in [0.2, 0.25) is 0 Å². The van der Waals surface area contributed by atoms with Crippen LogP contribution in [0.5, 0.6) is 0 Å². The summed E-state index contributed by atoms with van der Waals surface area (Å²) in [5.74, 6) is 0.573. The largest absolute Gasteiger partial charge is 0.385 e. The van der Waals surface area contributed by atoms with Crippen molar-refractivity contribution in [2.24, 2.45) is 10.9 Å². The van der Waals surface area contributed by atoms with Crippen LogP contribution >= 0.6 is 0 Å². The topological polar surface area (TPSA) is 21.6 Å². The second-order valence-electron chi connectivity index (χ2n) is 3.78. The van der Waals surface area contributed by atoms with Gasteiger partial charge in [-0.1, -0.05) is 12.5 Å². The van der Waals surface area contributed by atoms with Gasteiger partial charge in [-0.25, -0.2) is 0 Å². The number of rotatable bonds is 4. The number of allylic oxidation sites excluding steroid dienone is 1. The molecule has 1 aliphatic rings. The summed E-state index contributed by atoms with van der Waals surface area (Å²) in [6.45, 7) is 5.20. The maximum atomic E-state index is 5.05. The molecule has 1 atom stereocenters. The van der Waals surface area contributed by atoms with Crippen molar-refractivity contribution in [3.05, 3.63) is 11.8 Å². The summed E-state index contributed by atoms with van der Waals surface area (Å²) in [5.41, 5.74) is 2.73. The van der Waals surface area contributed by atoms with E-state index in [4.69, 9.17) is 4.74 Å². The fourth-order valence-corrected chi connectivity index (χ4v) is 1.48. The number of hydrogen-bond donors (Lipinski definition) is 0. The quantitative estimate of drug-likeness (QED) is 0.653. The Labute approximate surface area is 80.7 Å². The van der Waals surface area contributed by atoms with E-state index in [9.17, 15) is 0 Å². The molecule has 13 heavy (non-hydrogen) atoms. The van der Waals surface area contributed by atoms with Crippen molar-refractivity contribution in [1.82, 2.24) is 0 Å². The molecule has 0 saturated carbocycles. The van der Waals surface area contributed by atoms with E-state index in [0.717, 1.165) is 19.4 Å². The molecular weight excluding hydrogens is 162 g/mol. The zero-order valence-corrected chi connectivity index (χ0v) is 8.84. The average molecular weight is 181 g/mol. The highest BCUT2D eigenvalue weighted by molar-refractivity contribution is 5.87. The Balaban J connectivity index is 2.43. The molecule has 0 spiro atoms.